The molecule has 0 aliphatic rings. The number of hydrogen-bond donors (Lipinski definition) is 2. The number of hydrogen-bond acceptors (Lipinski definition) is 8. The molecule has 3 rings (SSSR count). The van der Waals surface area contributed by atoms with Gasteiger partial charge in [0, 0.05) is 23.5 Å². The summed E-state index contributed by atoms with van der Waals surface area (Å²) >= 11 is 1.20. The molecular weight excluding hydrogens is 418 g/mol. The molecule has 0 aliphatic heterocycles. The maximum atomic E-state index is 12.3. The van der Waals surface area contributed by atoms with Gasteiger partial charge in [-0.1, -0.05) is 13.3 Å². The lowest BCUT2D eigenvalue weighted by molar-refractivity contribution is -0.115. The monoisotopic (exact) mass is 439 g/mol. The summed E-state index contributed by atoms with van der Waals surface area (Å²) in [5.74, 6) is -1.09. The van der Waals surface area contributed by atoms with Gasteiger partial charge in [0.1, 0.15) is 0 Å². The van der Waals surface area contributed by atoms with Crippen molar-refractivity contribution in [2.24, 2.45) is 0 Å². The topological polar surface area (TPSA) is 123 Å². The van der Waals surface area contributed by atoms with Crippen LogP contribution in [0.2, 0.25) is 0 Å². The Labute approximate surface area is 182 Å². The molecule has 0 spiro atoms. The van der Waals surface area contributed by atoms with Crippen LogP contribution in [0.3, 0.4) is 0 Å². The highest BCUT2D eigenvalue weighted by atomic mass is 32.1. The first kappa shape index (κ1) is 22.0. The average molecular weight is 439 g/mol. The van der Waals surface area contributed by atoms with Crippen LogP contribution < -0.4 is 10.6 Å². The Hall–Kier alpha value is -3.66. The second kappa shape index (κ2) is 10.9. The molecule has 0 saturated heterocycles. The highest BCUT2D eigenvalue weighted by Crippen LogP contribution is 2.17. The minimum atomic E-state index is -0.473. The molecular formula is C21H21N5O4S. The zero-order chi connectivity index (χ0) is 22.1. The van der Waals surface area contributed by atoms with Crippen LogP contribution in [0.25, 0.3) is 0 Å². The Morgan fingerprint density at radius 1 is 1.06 bits per heavy atom. The number of benzene rings is 1. The van der Waals surface area contributed by atoms with Gasteiger partial charge in [-0.25, -0.2) is 19.7 Å². The lowest BCUT2D eigenvalue weighted by Gasteiger charge is -2.06. The number of amides is 2. The van der Waals surface area contributed by atoms with Crippen molar-refractivity contribution in [1.29, 1.82) is 0 Å². The van der Waals surface area contributed by atoms with Gasteiger partial charge < -0.3 is 10.1 Å². The van der Waals surface area contributed by atoms with Crippen LogP contribution in [0.4, 0.5) is 10.8 Å². The number of aromatic nitrogens is 3. The van der Waals surface area contributed by atoms with Crippen LogP contribution >= 0.6 is 11.3 Å². The van der Waals surface area contributed by atoms with Crippen molar-refractivity contribution in [2.45, 2.75) is 26.2 Å². The minimum absolute atomic E-state index is 0.0367. The number of esters is 1. The van der Waals surface area contributed by atoms with E-state index < -0.39 is 5.91 Å². The molecule has 0 saturated carbocycles. The number of carbonyl (C=O) groups excluding carboxylic acids is 3. The first-order valence-corrected chi connectivity index (χ1v) is 10.5. The molecule has 0 fully saturated rings. The van der Waals surface area contributed by atoms with Gasteiger partial charge in [0.2, 0.25) is 11.7 Å². The predicted octanol–water partition coefficient (Wildman–Crippen LogP) is 3.32. The van der Waals surface area contributed by atoms with Gasteiger partial charge in [-0.3, -0.25) is 14.9 Å². The molecule has 2 heterocycles. The molecule has 10 heteroatoms. The number of ether oxygens (including phenoxy) is 1. The summed E-state index contributed by atoms with van der Waals surface area (Å²) in [5, 5.41) is 7.40. The number of rotatable bonds is 9. The largest absolute Gasteiger partial charge is 0.462 e. The van der Waals surface area contributed by atoms with Gasteiger partial charge >= 0.3 is 5.97 Å². The van der Waals surface area contributed by atoms with Gasteiger partial charge in [-0.15, -0.1) is 11.3 Å². The van der Waals surface area contributed by atoms with E-state index in [1.165, 1.54) is 23.7 Å². The fraction of sp³-hybridized carbons (Fsp3) is 0.238. The van der Waals surface area contributed by atoms with Crippen LogP contribution in [0, 0.1) is 0 Å². The number of anilines is 2. The van der Waals surface area contributed by atoms with Gasteiger partial charge in [-0.2, -0.15) is 0 Å². The summed E-state index contributed by atoms with van der Waals surface area (Å²) in [7, 11) is 0. The van der Waals surface area contributed by atoms with Crippen LogP contribution in [0.5, 0.6) is 0 Å². The van der Waals surface area contributed by atoms with E-state index in [0.717, 1.165) is 12.8 Å². The summed E-state index contributed by atoms with van der Waals surface area (Å²) < 4.78 is 5.16. The standard InChI is InChI=1S/C21H21N5O4S/c1-2-3-11-30-20(29)14-5-7-15(8-6-14)24-17(27)12-16-13-31-21(25-16)26-19(28)18-22-9-4-10-23-18/h4-10,13H,2-3,11-12H2,1H3,(H,24,27)(H,25,26,28). The number of carbonyl (C=O) groups is 3. The van der Waals surface area contributed by atoms with E-state index in [1.807, 2.05) is 6.92 Å². The summed E-state index contributed by atoms with van der Waals surface area (Å²) in [4.78, 5) is 48.2. The molecule has 0 atom stereocenters. The smallest absolute Gasteiger partial charge is 0.338 e. The van der Waals surface area contributed by atoms with Crippen LogP contribution in [0.15, 0.2) is 48.1 Å². The van der Waals surface area contributed by atoms with E-state index >= 15 is 0 Å². The number of unbranched alkanes of at least 4 members (excludes halogenated alkanes) is 1. The molecule has 2 aromatic heterocycles. The second-order valence-corrected chi connectivity index (χ2v) is 7.32. The van der Waals surface area contributed by atoms with Gasteiger partial charge in [-0.05, 0) is 36.8 Å². The minimum Gasteiger partial charge on any atom is -0.462 e. The predicted molar refractivity (Wildman–Crippen MR) is 116 cm³/mol. The number of thiazole rings is 1. The van der Waals surface area contributed by atoms with Gasteiger partial charge in [0.15, 0.2) is 5.13 Å². The SMILES string of the molecule is CCCCOC(=O)c1ccc(NC(=O)Cc2csc(NC(=O)c3ncccn3)n2)cc1. The molecule has 0 aliphatic carbocycles. The van der Waals surface area contributed by atoms with E-state index in [9.17, 15) is 14.4 Å². The van der Waals surface area contributed by atoms with Crippen LogP contribution in [-0.2, 0) is 16.0 Å². The van der Waals surface area contributed by atoms with E-state index in [-0.39, 0.29) is 24.1 Å². The lowest BCUT2D eigenvalue weighted by Crippen LogP contribution is -2.16. The Kier molecular flexibility index (Phi) is 7.77. The van der Waals surface area contributed by atoms with Crippen LogP contribution in [0.1, 0.15) is 46.4 Å². The zero-order valence-electron chi connectivity index (χ0n) is 16.8. The third-order valence-electron chi connectivity index (χ3n) is 4.02. The first-order chi connectivity index (χ1) is 15.0. The van der Waals surface area contributed by atoms with Crippen molar-refractivity contribution >= 4 is 39.9 Å². The lowest BCUT2D eigenvalue weighted by atomic mass is 10.2. The summed E-state index contributed by atoms with van der Waals surface area (Å²) in [5.41, 5.74) is 1.50. The highest BCUT2D eigenvalue weighted by molar-refractivity contribution is 7.14. The van der Waals surface area contributed by atoms with Crippen molar-refractivity contribution in [3.05, 3.63) is 65.2 Å². The maximum absolute atomic E-state index is 12.3. The van der Waals surface area contributed by atoms with Crippen molar-refractivity contribution < 1.29 is 19.1 Å². The molecule has 9 nitrogen and oxygen atoms in total. The quantitative estimate of drug-likeness (QED) is 0.387. The molecule has 31 heavy (non-hydrogen) atoms. The Bertz CT molecular complexity index is 1040. The maximum Gasteiger partial charge on any atom is 0.338 e. The Morgan fingerprint density at radius 3 is 2.52 bits per heavy atom. The summed E-state index contributed by atoms with van der Waals surface area (Å²) in [6.45, 7) is 2.41. The molecule has 0 bridgehead atoms. The van der Waals surface area contributed by atoms with E-state index in [0.29, 0.717) is 28.7 Å². The third kappa shape index (κ3) is 6.68. The second-order valence-electron chi connectivity index (χ2n) is 6.46. The van der Waals surface area contributed by atoms with Crippen molar-refractivity contribution in [1.82, 2.24) is 15.0 Å². The van der Waals surface area contributed by atoms with E-state index in [2.05, 4.69) is 25.6 Å². The fourth-order valence-corrected chi connectivity index (χ4v) is 3.17. The van der Waals surface area contributed by atoms with Crippen LogP contribution in [-0.4, -0.2) is 39.3 Å². The summed E-state index contributed by atoms with van der Waals surface area (Å²) in [6, 6.07) is 8.10. The Balaban J connectivity index is 1.50. The summed E-state index contributed by atoms with van der Waals surface area (Å²) in [6.07, 6.45) is 4.76. The normalized spacial score (nSPS) is 10.4. The number of nitrogens with zero attached hydrogens (tertiary/aromatic N) is 3. The molecule has 1 aromatic carbocycles. The van der Waals surface area contributed by atoms with E-state index in [1.54, 1.807) is 35.7 Å². The van der Waals surface area contributed by atoms with Crippen molar-refractivity contribution in [3.8, 4) is 0 Å². The van der Waals surface area contributed by atoms with Crippen molar-refractivity contribution in [3.63, 3.8) is 0 Å². The van der Waals surface area contributed by atoms with Gasteiger partial charge in [0.05, 0.1) is 24.3 Å². The fourth-order valence-electron chi connectivity index (χ4n) is 2.47. The molecule has 2 amide bonds. The highest BCUT2D eigenvalue weighted by Gasteiger charge is 2.13. The average Bonchev–Trinajstić information content (AvgIpc) is 3.21. The zero-order valence-corrected chi connectivity index (χ0v) is 17.6. The molecule has 3 aromatic rings. The molecule has 0 unspecified atom stereocenters. The first-order valence-electron chi connectivity index (χ1n) is 9.65. The number of nitrogens with one attached hydrogen (secondary N) is 2. The Morgan fingerprint density at radius 2 is 1.81 bits per heavy atom. The molecule has 0 radical (unpaired) electrons. The third-order valence-corrected chi connectivity index (χ3v) is 4.82. The molecule has 2 N–H and O–H groups in total. The molecule has 160 valence electrons. The van der Waals surface area contributed by atoms with E-state index in [4.69, 9.17) is 4.74 Å². The van der Waals surface area contributed by atoms with Crippen molar-refractivity contribution in [2.75, 3.05) is 17.2 Å². The van der Waals surface area contributed by atoms with Gasteiger partial charge in [0.25, 0.3) is 5.91 Å².